The summed E-state index contributed by atoms with van der Waals surface area (Å²) in [6, 6.07) is 7.91. The predicted molar refractivity (Wildman–Crippen MR) is 100 cm³/mol. The van der Waals surface area contributed by atoms with Gasteiger partial charge in [0.2, 0.25) is 0 Å². The fourth-order valence-corrected chi connectivity index (χ4v) is 3.73. The lowest BCUT2D eigenvalue weighted by Crippen LogP contribution is -2.47. The minimum Gasteiger partial charge on any atom is -0.361 e. The van der Waals surface area contributed by atoms with Crippen LogP contribution in [0.4, 0.5) is 0 Å². The molecule has 3 heterocycles. The van der Waals surface area contributed by atoms with E-state index >= 15 is 0 Å². The number of H-pyrrole nitrogens is 1. The Hall–Kier alpha value is -2.60. The van der Waals surface area contributed by atoms with E-state index in [9.17, 15) is 4.79 Å². The first kappa shape index (κ1) is 16.8. The number of carbonyl (C=O) groups is 1. The Morgan fingerprint density at radius 1 is 1.38 bits per heavy atom. The lowest BCUT2D eigenvalue weighted by atomic mass is 10.0. The molecular formula is C20H24N4O2. The van der Waals surface area contributed by atoms with Crippen molar-refractivity contribution in [3.05, 3.63) is 53.0 Å². The van der Waals surface area contributed by atoms with Crippen molar-refractivity contribution in [3.8, 4) is 0 Å². The maximum atomic E-state index is 12.6. The van der Waals surface area contributed by atoms with Crippen LogP contribution in [0, 0.1) is 13.8 Å². The molecule has 1 aromatic carbocycles. The molecule has 1 fully saturated rings. The first-order valence-corrected chi connectivity index (χ1v) is 9.12. The molecule has 1 atom stereocenters. The predicted octanol–water partition coefficient (Wildman–Crippen LogP) is 3.17. The number of amides is 1. The van der Waals surface area contributed by atoms with Crippen molar-refractivity contribution < 1.29 is 9.32 Å². The molecule has 26 heavy (non-hydrogen) atoms. The Morgan fingerprint density at radius 3 is 3.08 bits per heavy atom. The number of aromatic nitrogens is 2. The van der Waals surface area contributed by atoms with Crippen LogP contribution in [0.15, 0.2) is 35.0 Å². The molecule has 0 saturated carbocycles. The summed E-state index contributed by atoms with van der Waals surface area (Å²) in [5.74, 6) is 0.880. The standard InChI is InChI=1S/C20H24N4O2/c1-13-18(14(2)26-23-13)12-24-9-3-4-17(11-24)22-20(25)16-5-6-19-15(10-16)7-8-21-19/h5-8,10,17,21H,3-4,9,11-12H2,1-2H3,(H,22,25)/t17-/m0/s1. The SMILES string of the molecule is Cc1noc(C)c1CN1CCC[C@H](NC(=O)c2ccc3[nH]ccc3c2)C1. The van der Waals surface area contributed by atoms with E-state index in [0.717, 1.165) is 60.4 Å². The van der Waals surface area contributed by atoms with E-state index in [-0.39, 0.29) is 11.9 Å². The number of piperidine rings is 1. The van der Waals surface area contributed by atoms with Gasteiger partial charge in [-0.05, 0) is 57.5 Å². The highest BCUT2D eigenvalue weighted by Crippen LogP contribution is 2.19. The van der Waals surface area contributed by atoms with Gasteiger partial charge in [-0.1, -0.05) is 5.16 Å². The number of carbonyl (C=O) groups excluding carboxylic acids is 1. The molecule has 2 N–H and O–H groups in total. The Bertz CT molecular complexity index is 907. The Morgan fingerprint density at radius 2 is 2.27 bits per heavy atom. The highest BCUT2D eigenvalue weighted by atomic mass is 16.5. The molecule has 1 aliphatic heterocycles. The van der Waals surface area contributed by atoms with E-state index in [4.69, 9.17) is 4.52 Å². The Balaban J connectivity index is 1.40. The van der Waals surface area contributed by atoms with Crippen molar-refractivity contribution in [1.82, 2.24) is 20.4 Å². The van der Waals surface area contributed by atoms with Crippen LogP contribution in [-0.4, -0.2) is 40.1 Å². The van der Waals surface area contributed by atoms with E-state index in [2.05, 4.69) is 20.4 Å². The number of likely N-dealkylation sites (tertiary alicyclic amines) is 1. The normalized spacial score (nSPS) is 18.3. The lowest BCUT2D eigenvalue weighted by molar-refractivity contribution is 0.0900. The Kier molecular flexibility index (Phi) is 4.51. The molecule has 0 bridgehead atoms. The van der Waals surface area contributed by atoms with Crippen molar-refractivity contribution in [2.45, 2.75) is 39.3 Å². The largest absolute Gasteiger partial charge is 0.361 e. The first-order chi connectivity index (χ1) is 12.6. The number of hydrogen-bond acceptors (Lipinski definition) is 4. The molecule has 1 amide bonds. The molecule has 0 aliphatic carbocycles. The fourth-order valence-electron chi connectivity index (χ4n) is 3.73. The van der Waals surface area contributed by atoms with Gasteiger partial charge in [0.1, 0.15) is 5.76 Å². The van der Waals surface area contributed by atoms with Crippen molar-refractivity contribution in [2.24, 2.45) is 0 Å². The van der Waals surface area contributed by atoms with Gasteiger partial charge >= 0.3 is 0 Å². The van der Waals surface area contributed by atoms with E-state index in [0.29, 0.717) is 5.56 Å². The second-order valence-corrected chi connectivity index (χ2v) is 7.13. The van der Waals surface area contributed by atoms with Gasteiger partial charge < -0.3 is 14.8 Å². The number of benzene rings is 1. The third kappa shape index (κ3) is 3.37. The minimum absolute atomic E-state index is 0.00251. The average molecular weight is 352 g/mol. The van der Waals surface area contributed by atoms with Crippen molar-refractivity contribution >= 4 is 16.8 Å². The molecule has 0 unspecified atom stereocenters. The van der Waals surface area contributed by atoms with Gasteiger partial charge in [0, 0.05) is 47.4 Å². The lowest BCUT2D eigenvalue weighted by Gasteiger charge is -2.33. The van der Waals surface area contributed by atoms with E-state index in [1.165, 1.54) is 0 Å². The van der Waals surface area contributed by atoms with Gasteiger partial charge in [0.05, 0.1) is 5.69 Å². The van der Waals surface area contributed by atoms with Crippen LogP contribution in [0.25, 0.3) is 10.9 Å². The van der Waals surface area contributed by atoms with E-state index in [1.54, 1.807) is 0 Å². The highest BCUT2D eigenvalue weighted by molar-refractivity contribution is 5.98. The number of nitrogens with one attached hydrogen (secondary N) is 2. The van der Waals surface area contributed by atoms with Gasteiger partial charge in [0.25, 0.3) is 5.91 Å². The van der Waals surface area contributed by atoms with Crippen LogP contribution in [0.3, 0.4) is 0 Å². The van der Waals surface area contributed by atoms with Crippen molar-refractivity contribution in [3.63, 3.8) is 0 Å². The molecular weight excluding hydrogens is 328 g/mol. The van der Waals surface area contributed by atoms with Gasteiger partial charge in [-0.2, -0.15) is 0 Å². The second kappa shape index (κ2) is 6.96. The summed E-state index contributed by atoms with van der Waals surface area (Å²) >= 11 is 0. The highest BCUT2D eigenvalue weighted by Gasteiger charge is 2.23. The summed E-state index contributed by atoms with van der Waals surface area (Å²) in [7, 11) is 0. The zero-order valence-electron chi connectivity index (χ0n) is 15.2. The van der Waals surface area contributed by atoms with E-state index < -0.39 is 0 Å². The third-order valence-electron chi connectivity index (χ3n) is 5.22. The summed E-state index contributed by atoms with van der Waals surface area (Å²) in [6.07, 6.45) is 3.97. The summed E-state index contributed by atoms with van der Waals surface area (Å²) in [5.41, 5.74) is 3.87. The summed E-state index contributed by atoms with van der Waals surface area (Å²) in [4.78, 5) is 18.2. The number of fused-ring (bicyclic) bond motifs is 1. The number of nitrogens with zero attached hydrogens (tertiary/aromatic N) is 2. The van der Waals surface area contributed by atoms with Gasteiger partial charge in [-0.25, -0.2) is 0 Å². The van der Waals surface area contributed by atoms with Crippen LogP contribution < -0.4 is 5.32 Å². The second-order valence-electron chi connectivity index (χ2n) is 7.13. The number of aryl methyl sites for hydroxylation is 2. The number of hydrogen-bond donors (Lipinski definition) is 2. The topological polar surface area (TPSA) is 74.2 Å². The molecule has 1 aliphatic rings. The first-order valence-electron chi connectivity index (χ1n) is 9.12. The number of aromatic amines is 1. The summed E-state index contributed by atoms with van der Waals surface area (Å²) < 4.78 is 5.27. The quantitative estimate of drug-likeness (QED) is 0.756. The molecule has 3 aromatic rings. The van der Waals surface area contributed by atoms with Gasteiger partial charge in [0.15, 0.2) is 0 Å². The average Bonchev–Trinajstić information content (AvgIpc) is 3.23. The fraction of sp³-hybridized carbons (Fsp3) is 0.400. The van der Waals surface area contributed by atoms with E-state index in [1.807, 2.05) is 44.3 Å². The smallest absolute Gasteiger partial charge is 0.251 e. The molecule has 136 valence electrons. The minimum atomic E-state index is -0.00251. The Labute approximate surface area is 152 Å². The molecule has 6 heteroatoms. The van der Waals surface area contributed by atoms with Crippen LogP contribution in [0.1, 0.15) is 40.2 Å². The molecule has 2 aromatic heterocycles. The maximum absolute atomic E-state index is 12.6. The van der Waals surface area contributed by atoms with Crippen molar-refractivity contribution in [1.29, 1.82) is 0 Å². The monoisotopic (exact) mass is 352 g/mol. The number of rotatable bonds is 4. The van der Waals surface area contributed by atoms with Crippen LogP contribution in [0.5, 0.6) is 0 Å². The zero-order chi connectivity index (χ0) is 18.1. The molecule has 1 saturated heterocycles. The summed E-state index contributed by atoms with van der Waals surface area (Å²) in [6.45, 7) is 6.64. The zero-order valence-corrected chi connectivity index (χ0v) is 15.2. The molecule has 0 spiro atoms. The molecule has 6 nitrogen and oxygen atoms in total. The molecule has 0 radical (unpaired) electrons. The van der Waals surface area contributed by atoms with Crippen molar-refractivity contribution in [2.75, 3.05) is 13.1 Å². The van der Waals surface area contributed by atoms with Gasteiger partial charge in [-0.3, -0.25) is 9.69 Å². The molecule has 4 rings (SSSR count). The third-order valence-corrected chi connectivity index (χ3v) is 5.22. The van der Waals surface area contributed by atoms with Gasteiger partial charge in [-0.15, -0.1) is 0 Å². The maximum Gasteiger partial charge on any atom is 0.251 e. The summed E-state index contributed by atoms with van der Waals surface area (Å²) in [5, 5.41) is 8.29. The van der Waals surface area contributed by atoms with Crippen LogP contribution in [0.2, 0.25) is 0 Å². The van der Waals surface area contributed by atoms with Crippen LogP contribution in [-0.2, 0) is 6.54 Å². The van der Waals surface area contributed by atoms with Crippen LogP contribution >= 0.6 is 0 Å².